The smallest absolute Gasteiger partial charge is 0.135 e. The Hall–Kier alpha value is -5.28. The standard InChI is InChI=1S/C36H21NO2/c1-4-10-31-25(7-1)26-8-2-5-11-32(26)37(31)24-15-18-36-30(21-24)29-20-23(14-17-35(29)39-36)22-13-16-34-28(19-22)27-9-3-6-12-33(27)38-34/h1-21H. The Bertz CT molecular complexity index is 2350. The van der Waals surface area contributed by atoms with E-state index in [9.17, 15) is 0 Å². The summed E-state index contributed by atoms with van der Waals surface area (Å²) in [5.41, 5.74) is 9.44. The minimum atomic E-state index is 0.892. The number of aromatic nitrogens is 1. The van der Waals surface area contributed by atoms with Gasteiger partial charge in [-0.15, -0.1) is 0 Å². The molecule has 3 heterocycles. The topological polar surface area (TPSA) is 31.2 Å². The van der Waals surface area contributed by atoms with Crippen LogP contribution in [0.1, 0.15) is 0 Å². The fourth-order valence-corrected chi connectivity index (χ4v) is 6.19. The lowest BCUT2D eigenvalue weighted by molar-refractivity contribution is 0.668. The van der Waals surface area contributed by atoms with Crippen molar-refractivity contribution in [2.45, 2.75) is 0 Å². The van der Waals surface area contributed by atoms with Crippen molar-refractivity contribution in [3.05, 3.63) is 127 Å². The highest BCUT2D eigenvalue weighted by atomic mass is 16.3. The minimum absolute atomic E-state index is 0.892. The number of para-hydroxylation sites is 3. The van der Waals surface area contributed by atoms with Gasteiger partial charge in [0.1, 0.15) is 22.3 Å². The van der Waals surface area contributed by atoms with Gasteiger partial charge in [0, 0.05) is 38.0 Å². The van der Waals surface area contributed by atoms with E-state index >= 15 is 0 Å². The van der Waals surface area contributed by atoms with Gasteiger partial charge in [0.25, 0.3) is 0 Å². The molecule has 0 saturated carbocycles. The number of hydrogen-bond acceptors (Lipinski definition) is 2. The monoisotopic (exact) mass is 499 g/mol. The van der Waals surface area contributed by atoms with Gasteiger partial charge in [-0.05, 0) is 71.8 Å². The summed E-state index contributed by atoms with van der Waals surface area (Å²) in [6.45, 7) is 0. The first-order valence-corrected chi connectivity index (χ1v) is 13.2. The Balaban J connectivity index is 1.26. The van der Waals surface area contributed by atoms with Crippen LogP contribution in [-0.4, -0.2) is 4.57 Å². The van der Waals surface area contributed by atoms with Crippen molar-refractivity contribution in [1.29, 1.82) is 0 Å². The Kier molecular flexibility index (Phi) is 4.05. The molecule has 0 aliphatic rings. The van der Waals surface area contributed by atoms with Crippen molar-refractivity contribution in [3.8, 4) is 16.8 Å². The highest BCUT2D eigenvalue weighted by molar-refractivity contribution is 6.11. The maximum absolute atomic E-state index is 6.28. The van der Waals surface area contributed by atoms with Gasteiger partial charge in [0.05, 0.1) is 11.0 Å². The summed E-state index contributed by atoms with van der Waals surface area (Å²) in [5.74, 6) is 0. The van der Waals surface area contributed by atoms with Crippen LogP contribution in [-0.2, 0) is 0 Å². The van der Waals surface area contributed by atoms with Gasteiger partial charge >= 0.3 is 0 Å². The normalized spacial score (nSPS) is 12.1. The van der Waals surface area contributed by atoms with Crippen LogP contribution >= 0.6 is 0 Å². The molecule has 0 spiro atoms. The first-order valence-electron chi connectivity index (χ1n) is 13.2. The molecule has 9 aromatic rings. The molecule has 0 radical (unpaired) electrons. The number of furan rings is 2. The minimum Gasteiger partial charge on any atom is -0.456 e. The predicted octanol–water partition coefficient (Wildman–Crippen LogP) is 10.2. The summed E-state index contributed by atoms with van der Waals surface area (Å²) in [6, 6.07) is 44.9. The molecule has 0 aliphatic carbocycles. The molecular weight excluding hydrogens is 478 g/mol. The van der Waals surface area contributed by atoms with Crippen molar-refractivity contribution in [2.24, 2.45) is 0 Å². The third-order valence-electron chi connectivity index (χ3n) is 8.00. The zero-order valence-corrected chi connectivity index (χ0v) is 20.9. The van der Waals surface area contributed by atoms with Crippen molar-refractivity contribution >= 4 is 65.7 Å². The maximum Gasteiger partial charge on any atom is 0.135 e. The zero-order chi connectivity index (χ0) is 25.5. The molecule has 3 aromatic heterocycles. The third kappa shape index (κ3) is 2.93. The van der Waals surface area contributed by atoms with Gasteiger partial charge in [0.15, 0.2) is 0 Å². The van der Waals surface area contributed by atoms with E-state index in [1.807, 2.05) is 12.1 Å². The predicted molar refractivity (Wildman–Crippen MR) is 161 cm³/mol. The Morgan fingerprint density at radius 2 is 0.821 bits per heavy atom. The number of hydrogen-bond donors (Lipinski definition) is 0. The van der Waals surface area contributed by atoms with Gasteiger partial charge < -0.3 is 13.4 Å². The molecule has 0 aliphatic heterocycles. The average molecular weight is 500 g/mol. The van der Waals surface area contributed by atoms with Crippen LogP contribution < -0.4 is 0 Å². The number of rotatable bonds is 2. The molecule has 3 nitrogen and oxygen atoms in total. The Labute approximate surface area is 223 Å². The van der Waals surface area contributed by atoms with Crippen LogP contribution in [0.15, 0.2) is 136 Å². The highest BCUT2D eigenvalue weighted by Gasteiger charge is 2.15. The summed E-state index contributed by atoms with van der Waals surface area (Å²) in [5, 5.41) is 7.02. The first-order chi connectivity index (χ1) is 19.3. The van der Waals surface area contributed by atoms with Gasteiger partial charge in [-0.2, -0.15) is 0 Å². The molecule has 0 atom stereocenters. The molecule has 3 heteroatoms. The largest absolute Gasteiger partial charge is 0.456 e. The second-order valence-corrected chi connectivity index (χ2v) is 10.2. The molecule has 0 saturated heterocycles. The number of fused-ring (bicyclic) bond motifs is 9. The fourth-order valence-electron chi connectivity index (χ4n) is 6.19. The quantitative estimate of drug-likeness (QED) is 0.237. The van der Waals surface area contributed by atoms with Crippen LogP contribution in [0.3, 0.4) is 0 Å². The van der Waals surface area contributed by atoms with Crippen molar-refractivity contribution in [2.75, 3.05) is 0 Å². The number of benzene rings is 6. The summed E-state index contributed by atoms with van der Waals surface area (Å²) in [4.78, 5) is 0. The van der Waals surface area contributed by atoms with Gasteiger partial charge in [-0.3, -0.25) is 0 Å². The lowest BCUT2D eigenvalue weighted by atomic mass is 10.0. The summed E-state index contributed by atoms with van der Waals surface area (Å²) in [7, 11) is 0. The number of nitrogens with zero attached hydrogens (tertiary/aromatic N) is 1. The van der Waals surface area contributed by atoms with Gasteiger partial charge in [-0.25, -0.2) is 0 Å². The molecule has 39 heavy (non-hydrogen) atoms. The molecule has 0 N–H and O–H groups in total. The van der Waals surface area contributed by atoms with Crippen molar-refractivity contribution in [3.63, 3.8) is 0 Å². The summed E-state index contributed by atoms with van der Waals surface area (Å²) >= 11 is 0. The van der Waals surface area contributed by atoms with Crippen molar-refractivity contribution in [1.82, 2.24) is 4.57 Å². The molecule has 0 fully saturated rings. The second kappa shape index (κ2) is 7.62. The van der Waals surface area contributed by atoms with Crippen LogP contribution in [0.25, 0.3) is 82.5 Å². The molecule has 182 valence electrons. The van der Waals surface area contributed by atoms with Crippen LogP contribution in [0.2, 0.25) is 0 Å². The van der Waals surface area contributed by atoms with Crippen LogP contribution in [0.4, 0.5) is 0 Å². The SMILES string of the molecule is c1ccc2c(c1)oc1ccc(-c3ccc4oc5ccc(-n6c7ccccc7c7ccccc76)cc5c4c3)cc12. The highest BCUT2D eigenvalue weighted by Crippen LogP contribution is 2.38. The first kappa shape index (κ1) is 20.7. The molecule has 0 amide bonds. The molecule has 9 rings (SSSR count). The van der Waals surface area contributed by atoms with Crippen molar-refractivity contribution < 1.29 is 8.83 Å². The second-order valence-electron chi connectivity index (χ2n) is 10.2. The zero-order valence-electron chi connectivity index (χ0n) is 20.9. The van der Waals surface area contributed by atoms with Gasteiger partial charge in [-0.1, -0.05) is 66.7 Å². The van der Waals surface area contributed by atoms with E-state index in [4.69, 9.17) is 8.83 Å². The van der Waals surface area contributed by atoms with E-state index in [1.54, 1.807) is 0 Å². The maximum atomic E-state index is 6.28. The van der Waals surface area contributed by atoms with E-state index < -0.39 is 0 Å². The Morgan fingerprint density at radius 1 is 0.359 bits per heavy atom. The Morgan fingerprint density at radius 3 is 1.46 bits per heavy atom. The summed E-state index contributed by atoms with van der Waals surface area (Å²) < 4.78 is 14.7. The van der Waals surface area contributed by atoms with Crippen LogP contribution in [0, 0.1) is 0 Å². The molecule has 0 unspecified atom stereocenters. The lowest BCUT2D eigenvalue weighted by Crippen LogP contribution is -1.93. The summed E-state index contributed by atoms with van der Waals surface area (Å²) in [6.07, 6.45) is 0. The molecular formula is C36H21NO2. The average Bonchev–Trinajstić information content (AvgIpc) is 3.65. The van der Waals surface area contributed by atoms with E-state index in [0.29, 0.717) is 0 Å². The van der Waals surface area contributed by atoms with E-state index in [0.717, 1.165) is 60.7 Å². The molecule has 6 aromatic carbocycles. The van der Waals surface area contributed by atoms with E-state index in [1.165, 1.54) is 21.8 Å². The molecule has 0 bridgehead atoms. The van der Waals surface area contributed by atoms with Crippen LogP contribution in [0.5, 0.6) is 0 Å². The van der Waals surface area contributed by atoms with Gasteiger partial charge in [0.2, 0.25) is 0 Å². The third-order valence-corrected chi connectivity index (χ3v) is 8.00. The fraction of sp³-hybridized carbons (Fsp3) is 0. The lowest BCUT2D eigenvalue weighted by Gasteiger charge is -2.08. The van der Waals surface area contributed by atoms with E-state index in [-0.39, 0.29) is 0 Å². The van der Waals surface area contributed by atoms with E-state index in [2.05, 4.69) is 120 Å².